The predicted molar refractivity (Wildman–Crippen MR) is 74.3 cm³/mol. The Labute approximate surface area is 122 Å². The lowest BCUT2D eigenvalue weighted by molar-refractivity contribution is -0.137. The van der Waals surface area contributed by atoms with E-state index in [0.29, 0.717) is 28.8 Å². The average molecular weight is 298 g/mol. The van der Waals surface area contributed by atoms with Crippen molar-refractivity contribution >= 4 is 23.5 Å². The maximum Gasteiger partial charge on any atom is 0.323 e. The molecule has 20 heavy (non-hydrogen) atoms. The fourth-order valence-electron chi connectivity index (χ4n) is 2.01. The number of carbonyl (C=O) groups is 2. The number of methoxy groups -OCH3 is 1. The van der Waals surface area contributed by atoms with Gasteiger partial charge in [0.2, 0.25) is 0 Å². The summed E-state index contributed by atoms with van der Waals surface area (Å²) >= 11 is 5.90. The van der Waals surface area contributed by atoms with Crippen LogP contribution >= 0.6 is 11.6 Å². The van der Waals surface area contributed by atoms with Crippen LogP contribution in [0, 0.1) is 5.92 Å². The Hall–Kier alpha value is -1.75. The van der Waals surface area contributed by atoms with Gasteiger partial charge in [0.05, 0.1) is 12.7 Å². The maximum absolute atomic E-state index is 12.5. The molecule has 1 aliphatic rings. The van der Waals surface area contributed by atoms with Crippen molar-refractivity contribution < 1.29 is 19.4 Å². The lowest BCUT2D eigenvalue weighted by Gasteiger charge is -2.21. The van der Waals surface area contributed by atoms with Crippen LogP contribution in [0.25, 0.3) is 0 Å². The van der Waals surface area contributed by atoms with Crippen LogP contribution in [-0.2, 0) is 4.79 Å². The molecule has 0 unspecified atom stereocenters. The van der Waals surface area contributed by atoms with Crippen molar-refractivity contribution in [1.82, 2.24) is 4.90 Å². The largest absolute Gasteiger partial charge is 0.496 e. The van der Waals surface area contributed by atoms with E-state index in [2.05, 4.69) is 0 Å². The minimum absolute atomic E-state index is 0.293. The summed E-state index contributed by atoms with van der Waals surface area (Å²) in [4.78, 5) is 24.8. The second kappa shape index (κ2) is 6.13. The highest BCUT2D eigenvalue weighted by atomic mass is 35.5. The van der Waals surface area contributed by atoms with E-state index in [1.54, 1.807) is 12.1 Å². The van der Waals surface area contributed by atoms with E-state index >= 15 is 0 Å². The van der Waals surface area contributed by atoms with E-state index in [1.165, 1.54) is 18.1 Å². The third kappa shape index (κ3) is 3.63. The average Bonchev–Trinajstić information content (AvgIpc) is 3.20. The highest BCUT2D eigenvalue weighted by Gasteiger charge is 2.29. The Morgan fingerprint density at radius 3 is 2.70 bits per heavy atom. The Bertz CT molecular complexity index is 528. The molecule has 5 nitrogen and oxygen atoms in total. The number of rotatable bonds is 6. The number of carbonyl (C=O) groups excluding carboxylic acids is 1. The summed E-state index contributed by atoms with van der Waals surface area (Å²) in [6, 6.07) is 4.73. The van der Waals surface area contributed by atoms with Gasteiger partial charge >= 0.3 is 5.97 Å². The fourth-order valence-corrected chi connectivity index (χ4v) is 2.18. The number of hydrogen-bond donors (Lipinski definition) is 1. The highest BCUT2D eigenvalue weighted by molar-refractivity contribution is 6.31. The van der Waals surface area contributed by atoms with E-state index in [1.807, 2.05) is 0 Å². The number of amides is 1. The van der Waals surface area contributed by atoms with E-state index in [-0.39, 0.29) is 12.5 Å². The SMILES string of the molecule is COc1ccc(Cl)cc1C(=O)N(CC(=O)O)CC1CC1. The molecule has 0 heterocycles. The molecule has 108 valence electrons. The van der Waals surface area contributed by atoms with Crippen LogP contribution in [0.1, 0.15) is 23.2 Å². The molecule has 0 aromatic heterocycles. The molecule has 0 saturated heterocycles. The molecule has 1 aromatic carbocycles. The molecule has 1 aliphatic carbocycles. The van der Waals surface area contributed by atoms with Crippen LogP contribution in [0.15, 0.2) is 18.2 Å². The molecular weight excluding hydrogens is 282 g/mol. The first-order valence-corrected chi connectivity index (χ1v) is 6.73. The number of halogens is 1. The van der Waals surface area contributed by atoms with Crippen molar-refractivity contribution in [1.29, 1.82) is 0 Å². The molecule has 0 bridgehead atoms. The van der Waals surface area contributed by atoms with E-state index in [0.717, 1.165) is 12.8 Å². The number of nitrogens with zero attached hydrogens (tertiary/aromatic N) is 1. The standard InChI is InChI=1S/C14H16ClNO4/c1-20-12-5-4-10(15)6-11(12)14(19)16(8-13(17)18)7-9-2-3-9/h4-6,9H,2-3,7-8H2,1H3,(H,17,18). The number of benzene rings is 1. The topological polar surface area (TPSA) is 66.8 Å². The smallest absolute Gasteiger partial charge is 0.323 e. The molecule has 0 spiro atoms. The van der Waals surface area contributed by atoms with Crippen molar-refractivity contribution in [3.05, 3.63) is 28.8 Å². The van der Waals surface area contributed by atoms with Gasteiger partial charge in [-0.25, -0.2) is 0 Å². The van der Waals surface area contributed by atoms with Crippen LogP contribution in [-0.4, -0.2) is 42.1 Å². The number of aliphatic carboxylic acids is 1. The van der Waals surface area contributed by atoms with Gasteiger partial charge in [-0.2, -0.15) is 0 Å². The van der Waals surface area contributed by atoms with Gasteiger partial charge in [0.25, 0.3) is 5.91 Å². The number of carboxylic acid groups (broad SMARTS) is 1. The first-order valence-electron chi connectivity index (χ1n) is 6.36. The molecule has 0 aliphatic heterocycles. The first kappa shape index (κ1) is 14.7. The van der Waals surface area contributed by atoms with Gasteiger partial charge in [0, 0.05) is 11.6 Å². The van der Waals surface area contributed by atoms with Crippen molar-refractivity contribution in [2.75, 3.05) is 20.2 Å². The van der Waals surface area contributed by atoms with Crippen molar-refractivity contribution in [2.45, 2.75) is 12.8 Å². The van der Waals surface area contributed by atoms with Crippen LogP contribution in [0.2, 0.25) is 5.02 Å². The van der Waals surface area contributed by atoms with Gasteiger partial charge < -0.3 is 14.7 Å². The first-order chi connectivity index (χ1) is 9.51. The maximum atomic E-state index is 12.5. The van der Waals surface area contributed by atoms with Crippen LogP contribution in [0.4, 0.5) is 0 Å². The molecule has 1 saturated carbocycles. The third-order valence-electron chi connectivity index (χ3n) is 3.18. The van der Waals surface area contributed by atoms with Gasteiger partial charge in [0.15, 0.2) is 0 Å². The minimum atomic E-state index is -1.03. The molecule has 0 atom stereocenters. The summed E-state index contributed by atoms with van der Waals surface area (Å²) in [5, 5.41) is 9.36. The molecule has 1 amide bonds. The summed E-state index contributed by atoms with van der Waals surface area (Å²) < 4.78 is 5.14. The lowest BCUT2D eigenvalue weighted by Crippen LogP contribution is -2.37. The predicted octanol–water partition coefficient (Wildman–Crippen LogP) is 2.29. The van der Waals surface area contributed by atoms with Gasteiger partial charge in [-0.1, -0.05) is 11.6 Å². The van der Waals surface area contributed by atoms with Gasteiger partial charge in [0.1, 0.15) is 12.3 Å². The number of carboxylic acids is 1. The summed E-state index contributed by atoms with van der Waals surface area (Å²) in [5.74, 6) is -0.590. The normalized spacial score (nSPS) is 13.9. The molecule has 2 rings (SSSR count). The summed E-state index contributed by atoms with van der Waals surface area (Å²) in [5.41, 5.74) is 0.293. The highest BCUT2D eigenvalue weighted by Crippen LogP contribution is 2.31. The molecule has 1 fully saturated rings. The minimum Gasteiger partial charge on any atom is -0.496 e. The number of hydrogen-bond acceptors (Lipinski definition) is 3. The van der Waals surface area contributed by atoms with Crippen molar-refractivity contribution in [3.63, 3.8) is 0 Å². The third-order valence-corrected chi connectivity index (χ3v) is 3.42. The Morgan fingerprint density at radius 1 is 1.45 bits per heavy atom. The van der Waals surface area contributed by atoms with Crippen molar-refractivity contribution in [3.8, 4) is 5.75 Å². The molecular formula is C14H16ClNO4. The quantitative estimate of drug-likeness (QED) is 0.875. The second-order valence-electron chi connectivity index (χ2n) is 4.87. The van der Waals surface area contributed by atoms with Gasteiger partial charge in [-0.05, 0) is 37.0 Å². The van der Waals surface area contributed by atoms with E-state index < -0.39 is 5.97 Å². The Morgan fingerprint density at radius 2 is 2.15 bits per heavy atom. The lowest BCUT2D eigenvalue weighted by atomic mass is 10.1. The van der Waals surface area contributed by atoms with E-state index in [9.17, 15) is 9.59 Å². The van der Waals surface area contributed by atoms with E-state index in [4.69, 9.17) is 21.4 Å². The fraction of sp³-hybridized carbons (Fsp3) is 0.429. The van der Waals surface area contributed by atoms with Gasteiger partial charge in [-0.3, -0.25) is 9.59 Å². The summed E-state index contributed by atoms with van der Waals surface area (Å²) in [6.07, 6.45) is 2.08. The van der Waals surface area contributed by atoms with Gasteiger partial charge in [-0.15, -0.1) is 0 Å². The van der Waals surface area contributed by atoms with Crippen LogP contribution in [0.3, 0.4) is 0 Å². The zero-order valence-electron chi connectivity index (χ0n) is 11.1. The summed E-state index contributed by atoms with van der Waals surface area (Å²) in [6.45, 7) is 0.145. The zero-order valence-corrected chi connectivity index (χ0v) is 11.9. The Balaban J connectivity index is 2.25. The molecule has 1 aromatic rings. The Kier molecular flexibility index (Phi) is 4.49. The van der Waals surface area contributed by atoms with Crippen LogP contribution in [0.5, 0.6) is 5.75 Å². The van der Waals surface area contributed by atoms with Crippen molar-refractivity contribution in [2.24, 2.45) is 5.92 Å². The molecule has 0 radical (unpaired) electrons. The molecule has 6 heteroatoms. The summed E-state index contributed by atoms with van der Waals surface area (Å²) in [7, 11) is 1.46. The van der Waals surface area contributed by atoms with Crippen LogP contribution < -0.4 is 4.74 Å². The number of ether oxygens (including phenoxy) is 1. The molecule has 1 N–H and O–H groups in total. The monoisotopic (exact) mass is 297 g/mol. The zero-order chi connectivity index (χ0) is 14.7. The second-order valence-corrected chi connectivity index (χ2v) is 5.30.